The first-order valence-electron chi connectivity index (χ1n) is 10.0. The summed E-state index contributed by atoms with van der Waals surface area (Å²) in [5.41, 5.74) is 3.01. The number of hydrogen-bond acceptors (Lipinski definition) is 2. The van der Waals surface area contributed by atoms with Gasteiger partial charge in [0.05, 0.1) is 5.60 Å². The van der Waals surface area contributed by atoms with Crippen molar-refractivity contribution in [2.75, 3.05) is 13.1 Å². The standard InChI is InChI=1S/C22H29NO2/c1-21(25)11-18(12-21)20(24)23-13-22(14-23)9-15(10-22)8-17-4-2-3-5-19(17)16-6-7-16/h2-5,15-16,18,25H,6-14H2,1H3. The van der Waals surface area contributed by atoms with Crippen LogP contribution in [-0.4, -0.2) is 34.6 Å². The molecule has 1 aliphatic heterocycles. The highest BCUT2D eigenvalue weighted by molar-refractivity contribution is 5.81. The predicted molar refractivity (Wildman–Crippen MR) is 97.2 cm³/mol. The monoisotopic (exact) mass is 339 g/mol. The molecule has 1 saturated heterocycles. The normalized spacial score (nSPS) is 33.5. The van der Waals surface area contributed by atoms with E-state index < -0.39 is 5.60 Å². The van der Waals surface area contributed by atoms with E-state index >= 15 is 0 Å². The van der Waals surface area contributed by atoms with Gasteiger partial charge in [-0.15, -0.1) is 0 Å². The van der Waals surface area contributed by atoms with Crippen LogP contribution in [-0.2, 0) is 11.2 Å². The maximum atomic E-state index is 12.4. The third-order valence-corrected chi connectivity index (χ3v) is 7.11. The number of benzene rings is 1. The summed E-state index contributed by atoms with van der Waals surface area (Å²) >= 11 is 0. The lowest BCUT2D eigenvalue weighted by Gasteiger charge is -2.60. The molecule has 0 atom stereocenters. The molecule has 3 aliphatic carbocycles. The average Bonchev–Trinajstić information content (AvgIpc) is 3.30. The van der Waals surface area contributed by atoms with Gasteiger partial charge in [0.1, 0.15) is 0 Å². The first-order chi connectivity index (χ1) is 11.9. The van der Waals surface area contributed by atoms with E-state index in [0.717, 1.165) is 24.9 Å². The quantitative estimate of drug-likeness (QED) is 0.912. The largest absolute Gasteiger partial charge is 0.390 e. The topological polar surface area (TPSA) is 40.5 Å². The molecule has 3 heteroatoms. The summed E-state index contributed by atoms with van der Waals surface area (Å²) in [6.45, 7) is 3.76. The van der Waals surface area contributed by atoms with Crippen molar-refractivity contribution in [3.63, 3.8) is 0 Å². The van der Waals surface area contributed by atoms with Crippen molar-refractivity contribution < 1.29 is 9.90 Å². The molecular formula is C22H29NO2. The molecule has 3 nitrogen and oxygen atoms in total. The van der Waals surface area contributed by atoms with Crippen LogP contribution in [0.4, 0.5) is 0 Å². The zero-order valence-corrected chi connectivity index (χ0v) is 15.2. The highest BCUT2D eigenvalue weighted by Crippen LogP contribution is 2.54. The molecule has 0 radical (unpaired) electrons. The smallest absolute Gasteiger partial charge is 0.225 e. The molecule has 0 aromatic heterocycles. The molecule has 1 aromatic rings. The maximum Gasteiger partial charge on any atom is 0.225 e. The minimum absolute atomic E-state index is 0.0774. The Morgan fingerprint density at radius 2 is 1.84 bits per heavy atom. The van der Waals surface area contributed by atoms with E-state index in [1.54, 1.807) is 11.1 Å². The Morgan fingerprint density at radius 3 is 2.48 bits per heavy atom. The minimum Gasteiger partial charge on any atom is -0.390 e. The van der Waals surface area contributed by atoms with Gasteiger partial charge in [-0.3, -0.25) is 4.79 Å². The first kappa shape index (κ1) is 15.9. The number of rotatable bonds is 4. The molecule has 3 saturated carbocycles. The van der Waals surface area contributed by atoms with Crippen LogP contribution in [0.2, 0.25) is 0 Å². The lowest BCUT2D eigenvalue weighted by atomic mass is 9.56. The van der Waals surface area contributed by atoms with Gasteiger partial charge in [-0.25, -0.2) is 0 Å². The predicted octanol–water partition coefficient (Wildman–Crippen LogP) is 3.51. The molecule has 25 heavy (non-hydrogen) atoms. The second kappa shape index (κ2) is 5.33. The zero-order valence-electron chi connectivity index (χ0n) is 15.2. The van der Waals surface area contributed by atoms with E-state index in [0.29, 0.717) is 24.2 Å². The Kier molecular flexibility index (Phi) is 3.38. The fourth-order valence-corrected chi connectivity index (χ4v) is 5.75. The number of carbonyl (C=O) groups is 1. The summed E-state index contributed by atoms with van der Waals surface area (Å²) in [6, 6.07) is 9.04. The van der Waals surface area contributed by atoms with Crippen LogP contribution in [0, 0.1) is 17.3 Å². The Hall–Kier alpha value is -1.35. The molecule has 5 rings (SSSR count). The molecule has 1 N–H and O–H groups in total. The van der Waals surface area contributed by atoms with Crippen molar-refractivity contribution in [2.45, 2.75) is 63.4 Å². The van der Waals surface area contributed by atoms with Crippen molar-refractivity contribution in [1.82, 2.24) is 4.90 Å². The second-order valence-corrected chi connectivity index (χ2v) is 9.75. The number of amides is 1. The summed E-state index contributed by atoms with van der Waals surface area (Å²) in [7, 11) is 0. The van der Waals surface area contributed by atoms with E-state index in [4.69, 9.17) is 0 Å². The van der Waals surface area contributed by atoms with Gasteiger partial charge < -0.3 is 10.0 Å². The molecule has 0 unspecified atom stereocenters. The number of hydrogen-bond donors (Lipinski definition) is 1. The van der Waals surface area contributed by atoms with Crippen LogP contribution >= 0.6 is 0 Å². The first-order valence-corrected chi connectivity index (χ1v) is 10.0. The maximum absolute atomic E-state index is 12.4. The van der Waals surface area contributed by atoms with Crippen molar-refractivity contribution in [3.8, 4) is 0 Å². The summed E-state index contributed by atoms with van der Waals surface area (Å²) < 4.78 is 0. The van der Waals surface area contributed by atoms with Crippen LogP contribution in [0.5, 0.6) is 0 Å². The highest BCUT2D eigenvalue weighted by Gasteiger charge is 2.55. The Bertz CT molecular complexity index is 684. The number of aliphatic hydroxyl groups is 1. The van der Waals surface area contributed by atoms with Gasteiger partial charge in [-0.2, -0.15) is 0 Å². The van der Waals surface area contributed by atoms with Gasteiger partial charge in [0.25, 0.3) is 0 Å². The molecule has 4 aliphatic rings. The molecule has 1 spiro atoms. The Balaban J connectivity index is 1.12. The third kappa shape index (κ3) is 2.81. The van der Waals surface area contributed by atoms with Crippen molar-refractivity contribution in [1.29, 1.82) is 0 Å². The SMILES string of the molecule is CC1(O)CC(C(=O)N2CC3(CC(Cc4ccccc4C4CC4)C3)C2)C1. The van der Waals surface area contributed by atoms with Crippen LogP contribution in [0.25, 0.3) is 0 Å². The van der Waals surface area contributed by atoms with Crippen molar-refractivity contribution in [2.24, 2.45) is 17.3 Å². The Morgan fingerprint density at radius 1 is 1.16 bits per heavy atom. The number of carbonyl (C=O) groups excluding carboxylic acids is 1. The summed E-state index contributed by atoms with van der Waals surface area (Å²) in [5, 5.41) is 9.83. The highest BCUT2D eigenvalue weighted by atomic mass is 16.3. The molecule has 1 amide bonds. The second-order valence-electron chi connectivity index (χ2n) is 9.75. The summed E-state index contributed by atoms with van der Waals surface area (Å²) in [6.07, 6.45) is 7.85. The molecule has 4 fully saturated rings. The lowest BCUT2D eigenvalue weighted by molar-refractivity contribution is -0.171. The number of nitrogens with zero attached hydrogens (tertiary/aromatic N) is 1. The Labute approximate surface area is 150 Å². The van der Waals surface area contributed by atoms with E-state index in [1.165, 1.54) is 32.1 Å². The molecule has 1 aromatic carbocycles. The molecular weight excluding hydrogens is 310 g/mol. The van der Waals surface area contributed by atoms with Crippen LogP contribution in [0.15, 0.2) is 24.3 Å². The van der Waals surface area contributed by atoms with Crippen LogP contribution in [0.1, 0.15) is 62.5 Å². The van der Waals surface area contributed by atoms with E-state index in [-0.39, 0.29) is 5.92 Å². The van der Waals surface area contributed by atoms with Gasteiger partial charge in [0, 0.05) is 24.4 Å². The van der Waals surface area contributed by atoms with Crippen LogP contribution in [0.3, 0.4) is 0 Å². The van der Waals surface area contributed by atoms with Gasteiger partial charge in [-0.05, 0) is 74.8 Å². The van der Waals surface area contributed by atoms with Gasteiger partial charge in [0.15, 0.2) is 0 Å². The summed E-state index contributed by atoms with van der Waals surface area (Å²) in [5.74, 6) is 2.01. The third-order valence-electron chi connectivity index (χ3n) is 7.11. The van der Waals surface area contributed by atoms with Crippen molar-refractivity contribution >= 4 is 5.91 Å². The van der Waals surface area contributed by atoms with Gasteiger partial charge in [0.2, 0.25) is 5.91 Å². The van der Waals surface area contributed by atoms with E-state index in [9.17, 15) is 9.90 Å². The van der Waals surface area contributed by atoms with E-state index in [2.05, 4.69) is 24.3 Å². The van der Waals surface area contributed by atoms with Gasteiger partial charge >= 0.3 is 0 Å². The summed E-state index contributed by atoms with van der Waals surface area (Å²) in [4.78, 5) is 14.5. The molecule has 1 heterocycles. The van der Waals surface area contributed by atoms with Crippen LogP contribution < -0.4 is 0 Å². The fraction of sp³-hybridized carbons (Fsp3) is 0.682. The molecule has 0 bridgehead atoms. The number of likely N-dealkylation sites (tertiary alicyclic amines) is 1. The average molecular weight is 339 g/mol. The lowest BCUT2D eigenvalue weighted by Crippen LogP contribution is -2.66. The minimum atomic E-state index is -0.598. The molecule has 134 valence electrons. The van der Waals surface area contributed by atoms with E-state index in [1.807, 2.05) is 11.8 Å². The van der Waals surface area contributed by atoms with Crippen molar-refractivity contribution in [3.05, 3.63) is 35.4 Å². The zero-order chi connectivity index (χ0) is 17.2. The fourth-order valence-electron chi connectivity index (χ4n) is 5.75. The van der Waals surface area contributed by atoms with Gasteiger partial charge in [-0.1, -0.05) is 24.3 Å².